The monoisotopic (exact) mass is 350 g/mol. The van der Waals surface area contributed by atoms with Gasteiger partial charge in [-0.3, -0.25) is 14.0 Å². The van der Waals surface area contributed by atoms with Crippen molar-refractivity contribution in [1.82, 2.24) is 9.38 Å². The second-order valence-electron chi connectivity index (χ2n) is 5.92. The summed E-state index contributed by atoms with van der Waals surface area (Å²) in [4.78, 5) is 31.5. The van der Waals surface area contributed by atoms with Crippen molar-refractivity contribution in [2.24, 2.45) is 0 Å². The number of hydrogen-bond donors (Lipinski definition) is 1. The lowest BCUT2D eigenvalue weighted by molar-refractivity contribution is 0.102. The number of aromatic nitrogens is 2. The van der Waals surface area contributed by atoms with E-state index in [2.05, 4.69) is 10.3 Å². The number of fused-ring (bicyclic) bond motifs is 3. The van der Waals surface area contributed by atoms with E-state index in [1.807, 2.05) is 6.07 Å². The van der Waals surface area contributed by atoms with Crippen LogP contribution < -0.4 is 10.9 Å². The fraction of sp³-hybridized carbons (Fsp3) is 0.222. The molecular formula is C18H14N4O2S. The fourth-order valence-corrected chi connectivity index (χ4v) is 4.26. The lowest BCUT2D eigenvalue weighted by atomic mass is 10.0. The van der Waals surface area contributed by atoms with E-state index < -0.39 is 5.91 Å². The lowest BCUT2D eigenvalue weighted by Crippen LogP contribution is -2.27. The number of nitrogens with zero attached hydrogens (tertiary/aromatic N) is 3. The summed E-state index contributed by atoms with van der Waals surface area (Å²) in [6.45, 7) is 0. The van der Waals surface area contributed by atoms with Crippen LogP contribution in [0.2, 0.25) is 0 Å². The van der Waals surface area contributed by atoms with Gasteiger partial charge in [0.25, 0.3) is 11.5 Å². The summed E-state index contributed by atoms with van der Waals surface area (Å²) in [6, 6.07) is 8.58. The Hall–Kier alpha value is -2.98. The van der Waals surface area contributed by atoms with Crippen molar-refractivity contribution < 1.29 is 4.79 Å². The number of thiazole rings is 1. The quantitative estimate of drug-likeness (QED) is 0.770. The van der Waals surface area contributed by atoms with Crippen molar-refractivity contribution in [2.45, 2.75) is 25.7 Å². The van der Waals surface area contributed by atoms with E-state index in [-0.39, 0.29) is 11.1 Å². The predicted octanol–water partition coefficient (Wildman–Crippen LogP) is 2.76. The first kappa shape index (κ1) is 15.5. The Morgan fingerprint density at radius 2 is 2.16 bits per heavy atom. The predicted molar refractivity (Wildman–Crippen MR) is 95.1 cm³/mol. The summed E-state index contributed by atoms with van der Waals surface area (Å²) in [6.07, 6.45) is 5.31. The third kappa shape index (κ3) is 2.71. The Kier molecular flexibility index (Phi) is 3.82. The zero-order chi connectivity index (χ0) is 17.4. The first-order valence-corrected chi connectivity index (χ1v) is 8.83. The maximum atomic E-state index is 12.8. The molecule has 1 aliphatic rings. The number of hydrogen-bond acceptors (Lipinski definition) is 5. The molecule has 2 aromatic heterocycles. The molecule has 0 unspecified atom stereocenters. The van der Waals surface area contributed by atoms with Crippen LogP contribution in [0.1, 0.15) is 39.3 Å². The number of anilines is 1. The van der Waals surface area contributed by atoms with E-state index >= 15 is 0 Å². The second kappa shape index (κ2) is 6.15. The third-order valence-corrected chi connectivity index (χ3v) is 5.45. The standard InChI is InChI=1S/C18H14N4O2S/c19-9-11-4-3-5-12(8-11)21-16(23)13-10-20-18-22(17(13)24)14-6-1-2-7-15(14)25-18/h3-5,8,10H,1-2,6-7H2,(H,21,23). The molecule has 124 valence electrons. The van der Waals surface area contributed by atoms with Gasteiger partial charge in [-0.2, -0.15) is 5.26 Å². The smallest absolute Gasteiger partial charge is 0.271 e. The maximum Gasteiger partial charge on any atom is 0.271 e. The number of amides is 1. The molecule has 0 fully saturated rings. The Morgan fingerprint density at radius 3 is 3.00 bits per heavy atom. The Morgan fingerprint density at radius 1 is 1.32 bits per heavy atom. The molecule has 0 saturated carbocycles. The molecule has 1 aliphatic carbocycles. The highest BCUT2D eigenvalue weighted by Crippen LogP contribution is 2.28. The molecule has 1 N–H and O–H groups in total. The van der Waals surface area contributed by atoms with Gasteiger partial charge in [0.2, 0.25) is 0 Å². The first-order chi connectivity index (χ1) is 12.2. The van der Waals surface area contributed by atoms with Gasteiger partial charge in [0.15, 0.2) is 4.96 Å². The molecule has 0 radical (unpaired) electrons. The highest BCUT2D eigenvalue weighted by molar-refractivity contribution is 7.17. The molecule has 4 rings (SSSR count). The molecule has 1 aromatic carbocycles. The molecule has 0 bridgehead atoms. The van der Waals surface area contributed by atoms with Gasteiger partial charge in [0.1, 0.15) is 5.56 Å². The zero-order valence-electron chi connectivity index (χ0n) is 13.3. The Balaban J connectivity index is 1.73. The van der Waals surface area contributed by atoms with Gasteiger partial charge >= 0.3 is 0 Å². The molecule has 0 aliphatic heterocycles. The third-order valence-electron chi connectivity index (χ3n) is 4.30. The SMILES string of the molecule is N#Cc1cccc(NC(=O)c2cnc3sc4c(n3c2=O)CCCC4)c1. The molecule has 7 heteroatoms. The molecule has 0 saturated heterocycles. The fourth-order valence-electron chi connectivity index (χ4n) is 3.09. The minimum atomic E-state index is -0.516. The van der Waals surface area contributed by atoms with Gasteiger partial charge in [-0.25, -0.2) is 4.98 Å². The minimum Gasteiger partial charge on any atom is -0.322 e. The van der Waals surface area contributed by atoms with Crippen LogP contribution in [0.4, 0.5) is 5.69 Å². The summed E-state index contributed by atoms with van der Waals surface area (Å²) >= 11 is 1.53. The van der Waals surface area contributed by atoms with Gasteiger partial charge in [0.05, 0.1) is 11.6 Å². The van der Waals surface area contributed by atoms with Crippen LogP contribution in [0.25, 0.3) is 4.96 Å². The molecule has 6 nitrogen and oxygen atoms in total. The van der Waals surface area contributed by atoms with Gasteiger partial charge in [-0.05, 0) is 43.9 Å². The normalized spacial score (nSPS) is 13.2. The van der Waals surface area contributed by atoms with Gasteiger partial charge in [-0.1, -0.05) is 6.07 Å². The average Bonchev–Trinajstić information content (AvgIpc) is 3.01. The number of aryl methyl sites for hydroxylation is 2. The summed E-state index contributed by atoms with van der Waals surface area (Å²) < 4.78 is 1.58. The highest BCUT2D eigenvalue weighted by Gasteiger charge is 2.21. The zero-order valence-corrected chi connectivity index (χ0v) is 14.1. The first-order valence-electron chi connectivity index (χ1n) is 8.01. The van der Waals surface area contributed by atoms with Crippen molar-refractivity contribution in [3.8, 4) is 6.07 Å². The summed E-state index contributed by atoms with van der Waals surface area (Å²) in [7, 11) is 0. The van der Waals surface area contributed by atoms with Crippen molar-refractivity contribution in [3.63, 3.8) is 0 Å². The van der Waals surface area contributed by atoms with Crippen LogP contribution >= 0.6 is 11.3 Å². The molecule has 1 amide bonds. The van der Waals surface area contributed by atoms with E-state index in [4.69, 9.17) is 5.26 Å². The number of carbonyl (C=O) groups excluding carboxylic acids is 1. The van der Waals surface area contributed by atoms with Crippen LogP contribution in [0.15, 0.2) is 35.3 Å². The van der Waals surface area contributed by atoms with Gasteiger partial charge < -0.3 is 5.32 Å². The average molecular weight is 350 g/mol. The summed E-state index contributed by atoms with van der Waals surface area (Å²) in [5.74, 6) is -0.516. The van der Waals surface area contributed by atoms with Crippen LogP contribution in [0.5, 0.6) is 0 Å². The number of nitrogens with one attached hydrogen (secondary N) is 1. The van der Waals surface area contributed by atoms with Crippen LogP contribution in [0.3, 0.4) is 0 Å². The molecule has 25 heavy (non-hydrogen) atoms. The number of rotatable bonds is 2. The summed E-state index contributed by atoms with van der Waals surface area (Å²) in [5.41, 5.74) is 1.57. The van der Waals surface area contributed by atoms with Crippen LogP contribution in [-0.4, -0.2) is 15.3 Å². The van der Waals surface area contributed by atoms with E-state index in [1.165, 1.54) is 22.4 Å². The van der Waals surface area contributed by atoms with Crippen LogP contribution in [0, 0.1) is 11.3 Å². The van der Waals surface area contributed by atoms with E-state index in [1.54, 1.807) is 28.7 Å². The molecule has 0 spiro atoms. The number of carbonyl (C=O) groups is 1. The molecular weight excluding hydrogens is 336 g/mol. The highest BCUT2D eigenvalue weighted by atomic mass is 32.1. The van der Waals surface area contributed by atoms with Crippen molar-refractivity contribution in [2.75, 3.05) is 5.32 Å². The van der Waals surface area contributed by atoms with Crippen molar-refractivity contribution in [1.29, 1.82) is 5.26 Å². The van der Waals surface area contributed by atoms with Crippen LogP contribution in [-0.2, 0) is 12.8 Å². The maximum absolute atomic E-state index is 12.8. The van der Waals surface area contributed by atoms with E-state index in [0.29, 0.717) is 16.2 Å². The van der Waals surface area contributed by atoms with Crippen molar-refractivity contribution in [3.05, 3.63) is 62.5 Å². The van der Waals surface area contributed by atoms with Gasteiger partial charge in [-0.15, -0.1) is 11.3 Å². The minimum absolute atomic E-state index is 0.00559. The molecule has 3 aromatic rings. The van der Waals surface area contributed by atoms with Gasteiger partial charge in [0, 0.05) is 22.5 Å². The molecule has 0 atom stereocenters. The lowest BCUT2D eigenvalue weighted by Gasteiger charge is -2.10. The largest absolute Gasteiger partial charge is 0.322 e. The topological polar surface area (TPSA) is 87.3 Å². The van der Waals surface area contributed by atoms with E-state index in [9.17, 15) is 9.59 Å². The Labute approximate surface area is 147 Å². The molecule has 2 heterocycles. The van der Waals surface area contributed by atoms with E-state index in [0.717, 1.165) is 31.4 Å². The second-order valence-corrected chi connectivity index (χ2v) is 6.98. The number of benzene rings is 1. The summed E-state index contributed by atoms with van der Waals surface area (Å²) in [5, 5.41) is 11.6. The number of nitriles is 1. The van der Waals surface area contributed by atoms with Crippen molar-refractivity contribution >= 4 is 27.9 Å². The Bertz CT molecular complexity index is 1090.